The van der Waals surface area contributed by atoms with Crippen molar-refractivity contribution >= 4 is 5.97 Å². The van der Waals surface area contributed by atoms with Crippen molar-refractivity contribution in [3.8, 4) is 0 Å². The van der Waals surface area contributed by atoms with Crippen molar-refractivity contribution in [2.75, 3.05) is 19.7 Å². The van der Waals surface area contributed by atoms with E-state index in [1.165, 1.54) is 95.7 Å². The highest BCUT2D eigenvalue weighted by molar-refractivity contribution is 5.69. The Bertz CT molecular complexity index is 754. The van der Waals surface area contributed by atoms with Crippen LogP contribution in [0.4, 0.5) is 4.39 Å². The number of hydrogen-bond donors (Lipinski definition) is 0. The predicted molar refractivity (Wildman–Crippen MR) is 141 cm³/mol. The summed E-state index contributed by atoms with van der Waals surface area (Å²) in [6.45, 7) is 4.69. The van der Waals surface area contributed by atoms with Gasteiger partial charge >= 0.3 is 5.97 Å². The molecule has 3 fully saturated rings. The summed E-state index contributed by atoms with van der Waals surface area (Å²) >= 11 is 0. The van der Waals surface area contributed by atoms with Gasteiger partial charge in [-0.05, 0) is 81.0 Å². The van der Waals surface area contributed by atoms with Crippen LogP contribution in [0.5, 0.6) is 0 Å². The van der Waals surface area contributed by atoms with E-state index in [1.807, 2.05) is 19.1 Å². The van der Waals surface area contributed by atoms with Crippen molar-refractivity contribution in [1.82, 2.24) is 4.90 Å². The average molecular weight is 486 g/mol. The SMILES string of the molecule is CCOC(=O)CC1CCCC(N(CCC2CCCCC2)CC2CCCCC2)C1c1ccc(F)cc1. The molecule has 3 saturated carbocycles. The Morgan fingerprint density at radius 3 is 2.20 bits per heavy atom. The molecule has 3 unspecified atom stereocenters. The molecule has 1 aromatic carbocycles. The van der Waals surface area contributed by atoms with Crippen molar-refractivity contribution in [3.63, 3.8) is 0 Å². The first-order valence-electron chi connectivity index (χ1n) is 14.8. The van der Waals surface area contributed by atoms with Crippen molar-refractivity contribution < 1.29 is 13.9 Å². The second-order valence-corrected chi connectivity index (χ2v) is 11.6. The highest BCUT2D eigenvalue weighted by Gasteiger charge is 2.39. The molecule has 0 radical (unpaired) electrons. The van der Waals surface area contributed by atoms with E-state index in [2.05, 4.69) is 4.90 Å². The van der Waals surface area contributed by atoms with Crippen molar-refractivity contribution in [3.05, 3.63) is 35.6 Å². The first-order valence-corrected chi connectivity index (χ1v) is 14.8. The molecule has 3 aliphatic rings. The molecule has 0 N–H and O–H groups in total. The Morgan fingerprint density at radius 2 is 1.54 bits per heavy atom. The Labute approximate surface area is 213 Å². The number of halogens is 1. The quantitative estimate of drug-likeness (QED) is 0.316. The molecule has 0 aliphatic heterocycles. The van der Waals surface area contributed by atoms with Crippen LogP contribution in [-0.2, 0) is 9.53 Å². The van der Waals surface area contributed by atoms with E-state index >= 15 is 0 Å². The minimum atomic E-state index is -0.181. The first-order chi connectivity index (χ1) is 17.1. The van der Waals surface area contributed by atoms with Gasteiger partial charge in [-0.25, -0.2) is 4.39 Å². The molecule has 0 bridgehead atoms. The summed E-state index contributed by atoms with van der Waals surface area (Å²) in [6, 6.07) is 7.61. The van der Waals surface area contributed by atoms with Crippen molar-refractivity contribution in [2.24, 2.45) is 17.8 Å². The van der Waals surface area contributed by atoms with Crippen LogP contribution >= 0.6 is 0 Å². The largest absolute Gasteiger partial charge is 0.466 e. The van der Waals surface area contributed by atoms with Gasteiger partial charge in [0, 0.05) is 24.9 Å². The summed E-state index contributed by atoms with van der Waals surface area (Å²) in [5.41, 5.74) is 1.21. The Hall–Kier alpha value is -1.42. The van der Waals surface area contributed by atoms with Gasteiger partial charge in [-0.1, -0.05) is 69.9 Å². The minimum Gasteiger partial charge on any atom is -0.466 e. The minimum absolute atomic E-state index is 0.0775. The normalized spacial score (nSPS) is 26.7. The van der Waals surface area contributed by atoms with Gasteiger partial charge in [-0.3, -0.25) is 9.69 Å². The summed E-state index contributed by atoms with van der Waals surface area (Å²) in [6.07, 6.45) is 19.0. The number of carbonyl (C=O) groups excluding carboxylic acids is 1. The second kappa shape index (κ2) is 13.8. The van der Waals surface area contributed by atoms with Gasteiger partial charge in [-0.2, -0.15) is 0 Å². The number of hydrogen-bond acceptors (Lipinski definition) is 3. The summed E-state index contributed by atoms with van der Waals surface area (Å²) < 4.78 is 19.2. The lowest BCUT2D eigenvalue weighted by Gasteiger charge is -2.46. The highest BCUT2D eigenvalue weighted by atomic mass is 19.1. The van der Waals surface area contributed by atoms with Crippen LogP contribution in [0.15, 0.2) is 24.3 Å². The maximum absolute atomic E-state index is 13.9. The first kappa shape index (κ1) is 26.6. The Morgan fingerprint density at radius 1 is 0.886 bits per heavy atom. The molecule has 35 heavy (non-hydrogen) atoms. The van der Waals surface area contributed by atoms with E-state index in [0.717, 1.165) is 24.7 Å². The maximum Gasteiger partial charge on any atom is 0.306 e. The monoisotopic (exact) mass is 485 g/mol. The Balaban J connectivity index is 1.57. The van der Waals surface area contributed by atoms with Gasteiger partial charge in [0.1, 0.15) is 5.82 Å². The van der Waals surface area contributed by atoms with Crippen molar-refractivity contribution in [1.29, 1.82) is 0 Å². The second-order valence-electron chi connectivity index (χ2n) is 11.6. The van der Waals surface area contributed by atoms with E-state index in [9.17, 15) is 9.18 Å². The molecule has 3 nitrogen and oxygen atoms in total. The molecule has 0 saturated heterocycles. The molecule has 3 aliphatic carbocycles. The van der Waals surface area contributed by atoms with E-state index in [-0.39, 0.29) is 23.6 Å². The van der Waals surface area contributed by atoms with E-state index in [1.54, 1.807) is 12.1 Å². The van der Waals surface area contributed by atoms with Crippen LogP contribution in [0.2, 0.25) is 0 Å². The molecule has 3 atom stereocenters. The van der Waals surface area contributed by atoms with Crippen LogP contribution in [0, 0.1) is 23.6 Å². The molecule has 0 amide bonds. The fraction of sp³-hybridized carbons (Fsp3) is 0.774. The van der Waals surface area contributed by atoms with Crippen LogP contribution in [0.3, 0.4) is 0 Å². The van der Waals surface area contributed by atoms with Crippen molar-refractivity contribution in [2.45, 2.75) is 115 Å². The van der Waals surface area contributed by atoms with Gasteiger partial charge in [0.15, 0.2) is 0 Å². The van der Waals surface area contributed by atoms with Crippen LogP contribution in [-0.4, -0.2) is 36.6 Å². The zero-order valence-corrected chi connectivity index (χ0v) is 22.1. The third-order valence-corrected chi connectivity index (χ3v) is 9.22. The fourth-order valence-electron chi connectivity index (χ4n) is 7.43. The molecule has 196 valence electrons. The number of ether oxygens (including phenoxy) is 1. The number of esters is 1. The molecule has 4 heteroatoms. The number of rotatable bonds is 10. The van der Waals surface area contributed by atoms with Gasteiger partial charge in [-0.15, -0.1) is 0 Å². The maximum atomic E-state index is 13.9. The molecule has 1 aromatic rings. The lowest BCUT2D eigenvalue weighted by Crippen LogP contribution is -2.47. The highest BCUT2D eigenvalue weighted by Crippen LogP contribution is 2.43. The van der Waals surface area contributed by atoms with Crippen LogP contribution < -0.4 is 0 Å². The molecule has 0 aromatic heterocycles. The van der Waals surface area contributed by atoms with Gasteiger partial charge in [0.05, 0.1) is 6.61 Å². The fourth-order valence-corrected chi connectivity index (χ4v) is 7.43. The zero-order chi connectivity index (χ0) is 24.5. The predicted octanol–water partition coefficient (Wildman–Crippen LogP) is 7.88. The topological polar surface area (TPSA) is 29.5 Å². The molecule has 4 rings (SSSR count). The third-order valence-electron chi connectivity index (χ3n) is 9.22. The lowest BCUT2D eigenvalue weighted by molar-refractivity contribution is -0.144. The summed E-state index contributed by atoms with van der Waals surface area (Å²) in [5.74, 6) is 1.95. The van der Waals surface area contributed by atoms with E-state index in [0.29, 0.717) is 19.1 Å². The number of benzene rings is 1. The third kappa shape index (κ3) is 7.78. The van der Waals surface area contributed by atoms with Gasteiger partial charge < -0.3 is 4.74 Å². The van der Waals surface area contributed by atoms with Crippen LogP contribution in [0.25, 0.3) is 0 Å². The Kier molecular flexibility index (Phi) is 10.5. The smallest absolute Gasteiger partial charge is 0.306 e. The molecule has 0 spiro atoms. The lowest BCUT2D eigenvalue weighted by atomic mass is 9.70. The van der Waals surface area contributed by atoms with E-state index < -0.39 is 0 Å². The summed E-state index contributed by atoms with van der Waals surface area (Å²) in [4.78, 5) is 15.4. The van der Waals surface area contributed by atoms with Gasteiger partial charge in [0.2, 0.25) is 0 Å². The molecule has 0 heterocycles. The van der Waals surface area contributed by atoms with Gasteiger partial charge in [0.25, 0.3) is 0 Å². The van der Waals surface area contributed by atoms with Crippen LogP contribution in [0.1, 0.15) is 115 Å². The molecular weight excluding hydrogens is 437 g/mol. The number of carbonyl (C=O) groups is 1. The molecular formula is C31H48FNO2. The number of nitrogens with zero attached hydrogens (tertiary/aromatic N) is 1. The standard InChI is InChI=1S/C31H48FNO2/c1-2-35-30(34)22-27-14-9-15-29(31(27)26-16-18-28(32)19-17-26)33(23-25-12-7-4-8-13-25)21-20-24-10-5-3-6-11-24/h16-19,24-25,27,29,31H,2-15,20-23H2,1H3. The zero-order valence-electron chi connectivity index (χ0n) is 22.1. The average Bonchev–Trinajstić information content (AvgIpc) is 2.88. The van der Waals surface area contributed by atoms with E-state index in [4.69, 9.17) is 4.74 Å². The summed E-state index contributed by atoms with van der Waals surface area (Å²) in [7, 11) is 0. The summed E-state index contributed by atoms with van der Waals surface area (Å²) in [5, 5.41) is 0.